The Labute approximate surface area is 206 Å². The summed E-state index contributed by atoms with van der Waals surface area (Å²) in [5, 5.41) is 3.39. The first-order valence-corrected chi connectivity index (χ1v) is 12.5. The van der Waals surface area contributed by atoms with Crippen molar-refractivity contribution >= 4 is 23.4 Å². The van der Waals surface area contributed by atoms with E-state index in [1.807, 2.05) is 32.0 Å². The number of likely N-dealkylation sites (tertiary alicyclic amines) is 2. The third-order valence-corrected chi connectivity index (χ3v) is 7.21. The molecule has 0 spiro atoms. The van der Waals surface area contributed by atoms with Crippen LogP contribution in [0.1, 0.15) is 48.7 Å². The molecular formula is C27H33ClFN3O2. The van der Waals surface area contributed by atoms with E-state index in [0.717, 1.165) is 31.6 Å². The molecule has 34 heavy (non-hydrogen) atoms. The molecule has 3 atom stereocenters. The fraction of sp³-hybridized carbons (Fsp3) is 0.481. The zero-order valence-electron chi connectivity index (χ0n) is 19.8. The molecule has 0 radical (unpaired) electrons. The fourth-order valence-corrected chi connectivity index (χ4v) is 5.49. The molecular weight excluding hydrogens is 453 g/mol. The van der Waals surface area contributed by atoms with Crippen LogP contribution in [0, 0.1) is 23.6 Å². The smallest absolute Gasteiger partial charge is 0.258 e. The van der Waals surface area contributed by atoms with Gasteiger partial charge in [0, 0.05) is 39.1 Å². The minimum Gasteiger partial charge on any atom is -0.349 e. The van der Waals surface area contributed by atoms with Gasteiger partial charge in [0.1, 0.15) is 5.82 Å². The summed E-state index contributed by atoms with van der Waals surface area (Å²) in [6, 6.07) is 14.5. The van der Waals surface area contributed by atoms with E-state index in [-0.39, 0.29) is 28.4 Å². The van der Waals surface area contributed by atoms with Crippen LogP contribution < -0.4 is 5.32 Å². The number of benzene rings is 2. The second-order valence-corrected chi connectivity index (χ2v) is 10.4. The zero-order valence-corrected chi connectivity index (χ0v) is 20.6. The number of rotatable bonds is 8. The summed E-state index contributed by atoms with van der Waals surface area (Å²) in [6.07, 6.45) is 1.36. The van der Waals surface area contributed by atoms with E-state index in [1.54, 1.807) is 11.0 Å². The molecule has 2 aromatic carbocycles. The summed E-state index contributed by atoms with van der Waals surface area (Å²) in [5.74, 6) is 0.270. The van der Waals surface area contributed by atoms with Crippen molar-refractivity contribution in [2.45, 2.75) is 32.7 Å². The van der Waals surface area contributed by atoms with Gasteiger partial charge in [-0.25, -0.2) is 4.39 Å². The van der Waals surface area contributed by atoms with Gasteiger partial charge in [0.15, 0.2) is 0 Å². The predicted octanol–water partition coefficient (Wildman–Crippen LogP) is 4.78. The first-order valence-electron chi connectivity index (χ1n) is 12.1. The molecule has 0 aromatic heterocycles. The van der Waals surface area contributed by atoms with Crippen LogP contribution in [0.3, 0.4) is 0 Å². The average molecular weight is 486 g/mol. The van der Waals surface area contributed by atoms with Gasteiger partial charge in [-0.1, -0.05) is 61.8 Å². The van der Waals surface area contributed by atoms with Crippen LogP contribution in [0.25, 0.3) is 0 Å². The Morgan fingerprint density at radius 1 is 1.03 bits per heavy atom. The van der Waals surface area contributed by atoms with E-state index >= 15 is 0 Å². The summed E-state index contributed by atoms with van der Waals surface area (Å²) in [5.41, 5.74) is 1.10. The second-order valence-electron chi connectivity index (χ2n) is 10.0. The summed E-state index contributed by atoms with van der Waals surface area (Å²) < 4.78 is 14.2. The molecule has 4 rings (SSSR count). The van der Waals surface area contributed by atoms with Gasteiger partial charge in [-0.2, -0.15) is 0 Å². The SMILES string of the molecule is CC(C)CC(=O)NC(CCN1CC2CN(C(=O)c3c(F)cccc3Cl)CC2C1)c1ccccc1. The molecule has 0 bridgehead atoms. The highest BCUT2D eigenvalue weighted by Gasteiger charge is 2.42. The van der Waals surface area contributed by atoms with Gasteiger partial charge in [-0.15, -0.1) is 0 Å². The Bertz CT molecular complexity index is 982. The van der Waals surface area contributed by atoms with E-state index in [0.29, 0.717) is 37.3 Å². The molecule has 2 heterocycles. The predicted molar refractivity (Wildman–Crippen MR) is 132 cm³/mol. The third kappa shape index (κ3) is 5.78. The Balaban J connectivity index is 1.33. The number of fused-ring (bicyclic) bond motifs is 1. The van der Waals surface area contributed by atoms with Crippen molar-refractivity contribution in [2.75, 3.05) is 32.7 Å². The van der Waals surface area contributed by atoms with E-state index in [4.69, 9.17) is 11.6 Å². The van der Waals surface area contributed by atoms with Gasteiger partial charge in [0.25, 0.3) is 5.91 Å². The molecule has 2 saturated heterocycles. The standard InChI is InChI=1S/C27H33ClFN3O2/c1-18(2)13-25(33)30-24(19-7-4-3-5-8-19)11-12-31-14-20-16-32(17-21(20)15-31)27(34)26-22(28)9-6-10-23(26)29/h3-10,18,20-21,24H,11-17H2,1-2H3,(H,30,33). The molecule has 2 aliphatic heterocycles. The maximum Gasteiger partial charge on any atom is 0.258 e. The molecule has 0 saturated carbocycles. The van der Waals surface area contributed by atoms with Crippen LogP contribution in [-0.4, -0.2) is 54.3 Å². The highest BCUT2D eigenvalue weighted by Crippen LogP contribution is 2.33. The van der Waals surface area contributed by atoms with E-state index in [9.17, 15) is 14.0 Å². The summed E-state index contributed by atoms with van der Waals surface area (Å²) in [7, 11) is 0. The highest BCUT2D eigenvalue weighted by molar-refractivity contribution is 6.33. The number of hydrogen-bond acceptors (Lipinski definition) is 3. The quantitative estimate of drug-likeness (QED) is 0.585. The Morgan fingerprint density at radius 3 is 2.32 bits per heavy atom. The molecule has 1 N–H and O–H groups in total. The van der Waals surface area contributed by atoms with Gasteiger partial charge < -0.3 is 15.1 Å². The van der Waals surface area contributed by atoms with Gasteiger partial charge in [-0.3, -0.25) is 9.59 Å². The van der Waals surface area contributed by atoms with Crippen LogP contribution in [0.2, 0.25) is 5.02 Å². The zero-order chi connectivity index (χ0) is 24.2. The first kappa shape index (κ1) is 24.7. The normalized spacial score (nSPS) is 21.0. The molecule has 2 amide bonds. The maximum atomic E-state index is 14.2. The van der Waals surface area contributed by atoms with E-state index < -0.39 is 5.82 Å². The number of nitrogens with one attached hydrogen (secondary N) is 1. The minimum absolute atomic E-state index is 0.0193. The number of nitrogens with zero attached hydrogens (tertiary/aromatic N) is 2. The first-order chi connectivity index (χ1) is 16.3. The van der Waals surface area contributed by atoms with Crippen molar-refractivity contribution in [3.8, 4) is 0 Å². The number of halogens is 2. The third-order valence-electron chi connectivity index (χ3n) is 6.89. The monoisotopic (exact) mass is 485 g/mol. The summed E-state index contributed by atoms with van der Waals surface area (Å²) >= 11 is 6.11. The summed E-state index contributed by atoms with van der Waals surface area (Å²) in [4.78, 5) is 29.5. The molecule has 5 nitrogen and oxygen atoms in total. The lowest BCUT2D eigenvalue weighted by atomic mass is 10.0. The minimum atomic E-state index is -0.567. The van der Waals surface area contributed by atoms with Crippen LogP contribution in [0.5, 0.6) is 0 Å². The van der Waals surface area contributed by atoms with Gasteiger partial charge in [0.2, 0.25) is 5.91 Å². The Morgan fingerprint density at radius 2 is 1.71 bits per heavy atom. The van der Waals surface area contributed by atoms with E-state index in [2.05, 4.69) is 22.3 Å². The number of hydrogen-bond donors (Lipinski definition) is 1. The van der Waals surface area contributed by atoms with Crippen LogP contribution in [0.15, 0.2) is 48.5 Å². The Hall–Kier alpha value is -2.44. The maximum absolute atomic E-state index is 14.2. The molecule has 182 valence electrons. The van der Waals surface area contributed by atoms with Crippen LogP contribution in [-0.2, 0) is 4.79 Å². The van der Waals surface area contributed by atoms with Crippen LogP contribution >= 0.6 is 11.6 Å². The van der Waals surface area contributed by atoms with Gasteiger partial charge in [-0.05, 0) is 41.9 Å². The lowest BCUT2D eigenvalue weighted by molar-refractivity contribution is -0.122. The number of carbonyl (C=O) groups is 2. The fourth-order valence-electron chi connectivity index (χ4n) is 5.24. The number of amides is 2. The van der Waals surface area contributed by atoms with Crippen molar-refractivity contribution in [2.24, 2.45) is 17.8 Å². The topological polar surface area (TPSA) is 52.7 Å². The second kappa shape index (κ2) is 10.9. The number of carbonyl (C=O) groups excluding carboxylic acids is 2. The highest BCUT2D eigenvalue weighted by atomic mass is 35.5. The lowest BCUT2D eigenvalue weighted by Crippen LogP contribution is -2.35. The van der Waals surface area contributed by atoms with Crippen molar-refractivity contribution < 1.29 is 14.0 Å². The van der Waals surface area contributed by atoms with Crippen molar-refractivity contribution in [1.82, 2.24) is 15.1 Å². The lowest BCUT2D eigenvalue weighted by Gasteiger charge is -2.25. The van der Waals surface area contributed by atoms with Crippen molar-refractivity contribution in [3.05, 3.63) is 70.5 Å². The molecule has 2 aliphatic rings. The molecule has 0 aliphatic carbocycles. The molecule has 3 unspecified atom stereocenters. The average Bonchev–Trinajstić information content (AvgIpc) is 3.35. The largest absolute Gasteiger partial charge is 0.349 e. The van der Waals surface area contributed by atoms with Gasteiger partial charge >= 0.3 is 0 Å². The Kier molecular flexibility index (Phi) is 7.89. The van der Waals surface area contributed by atoms with E-state index in [1.165, 1.54) is 12.1 Å². The molecule has 7 heteroatoms. The van der Waals surface area contributed by atoms with Gasteiger partial charge in [0.05, 0.1) is 16.6 Å². The van der Waals surface area contributed by atoms with Crippen molar-refractivity contribution in [1.29, 1.82) is 0 Å². The molecule has 2 aromatic rings. The van der Waals surface area contributed by atoms with Crippen LogP contribution in [0.4, 0.5) is 4.39 Å². The van der Waals surface area contributed by atoms with Crippen molar-refractivity contribution in [3.63, 3.8) is 0 Å². The molecule has 2 fully saturated rings. The summed E-state index contributed by atoms with van der Waals surface area (Å²) in [6.45, 7) is 8.03.